The van der Waals surface area contributed by atoms with Crippen LogP contribution in [0.4, 0.5) is 0 Å². The smallest absolute Gasteiger partial charge is 0.0700 e. The Bertz CT molecular complexity index is 367. The minimum Gasteiger partial charge on any atom is -0.382 e. The summed E-state index contributed by atoms with van der Waals surface area (Å²) in [7, 11) is 1.69. The summed E-state index contributed by atoms with van der Waals surface area (Å²) in [5.41, 5.74) is 1.36. The molecule has 1 rings (SSSR count). The zero-order valence-corrected chi connectivity index (χ0v) is 15.8. The zero-order valence-electron chi connectivity index (χ0n) is 11.0. The van der Waals surface area contributed by atoms with Crippen molar-refractivity contribution in [1.29, 1.82) is 0 Å². The van der Waals surface area contributed by atoms with Gasteiger partial charge in [0.2, 0.25) is 0 Å². The SMILES string of the molecule is COCCOCCC(CBr)(CBr)c1cccc(Br)c1. The second-order valence-corrected chi connectivity index (χ2v) is 6.45. The Labute approximate surface area is 140 Å². The summed E-state index contributed by atoms with van der Waals surface area (Å²) in [6.45, 7) is 2.02. The van der Waals surface area contributed by atoms with Crippen molar-refractivity contribution < 1.29 is 9.47 Å². The Balaban J connectivity index is 2.68. The molecule has 1 aromatic rings. The first-order chi connectivity index (χ1) is 9.18. The highest BCUT2D eigenvalue weighted by Gasteiger charge is 2.30. The van der Waals surface area contributed by atoms with Gasteiger partial charge in [-0.05, 0) is 24.1 Å². The van der Waals surface area contributed by atoms with E-state index in [9.17, 15) is 0 Å². The molecule has 0 aromatic heterocycles. The van der Waals surface area contributed by atoms with Crippen LogP contribution in [-0.2, 0) is 14.9 Å². The second kappa shape index (κ2) is 9.50. The number of benzene rings is 1. The minimum atomic E-state index is 0.0524. The van der Waals surface area contributed by atoms with Crippen molar-refractivity contribution in [2.75, 3.05) is 37.6 Å². The molecule has 0 amide bonds. The Kier molecular flexibility index (Phi) is 8.82. The van der Waals surface area contributed by atoms with Gasteiger partial charge in [0.25, 0.3) is 0 Å². The van der Waals surface area contributed by atoms with Gasteiger partial charge in [0.1, 0.15) is 0 Å². The molecule has 0 aliphatic rings. The molecule has 0 saturated heterocycles. The molecule has 0 radical (unpaired) electrons. The highest BCUT2D eigenvalue weighted by Crippen LogP contribution is 2.33. The maximum Gasteiger partial charge on any atom is 0.0700 e. The van der Waals surface area contributed by atoms with E-state index in [2.05, 4.69) is 66.0 Å². The Morgan fingerprint density at radius 2 is 1.84 bits per heavy atom. The van der Waals surface area contributed by atoms with E-state index < -0.39 is 0 Å². The molecule has 0 aliphatic carbocycles. The van der Waals surface area contributed by atoms with Crippen LogP contribution < -0.4 is 0 Å². The summed E-state index contributed by atoms with van der Waals surface area (Å²) in [6.07, 6.45) is 0.962. The van der Waals surface area contributed by atoms with Crippen molar-refractivity contribution >= 4 is 47.8 Å². The number of hydrogen-bond acceptors (Lipinski definition) is 2. The predicted octanol–water partition coefficient (Wildman–Crippen LogP) is 4.53. The van der Waals surface area contributed by atoms with Crippen LogP contribution in [0.25, 0.3) is 0 Å². The zero-order chi connectivity index (χ0) is 14.1. The van der Waals surface area contributed by atoms with Gasteiger partial charge in [-0.1, -0.05) is 59.9 Å². The molecule has 19 heavy (non-hydrogen) atoms. The number of alkyl halides is 2. The molecule has 0 bridgehead atoms. The Morgan fingerprint density at radius 3 is 2.42 bits per heavy atom. The number of halogens is 3. The molecular weight excluding hydrogens is 440 g/mol. The predicted molar refractivity (Wildman–Crippen MR) is 90.7 cm³/mol. The average molecular weight is 459 g/mol. The first-order valence-electron chi connectivity index (χ1n) is 6.13. The molecule has 0 N–H and O–H groups in total. The van der Waals surface area contributed by atoms with Gasteiger partial charge in [-0.2, -0.15) is 0 Å². The lowest BCUT2D eigenvalue weighted by Gasteiger charge is -2.31. The van der Waals surface area contributed by atoms with Crippen molar-refractivity contribution in [1.82, 2.24) is 0 Å². The van der Waals surface area contributed by atoms with Gasteiger partial charge < -0.3 is 9.47 Å². The fourth-order valence-electron chi connectivity index (χ4n) is 1.80. The van der Waals surface area contributed by atoms with Crippen LogP contribution in [0, 0.1) is 0 Å². The minimum absolute atomic E-state index is 0.0524. The van der Waals surface area contributed by atoms with Gasteiger partial charge in [-0.15, -0.1) is 0 Å². The van der Waals surface area contributed by atoms with Crippen LogP contribution in [0.3, 0.4) is 0 Å². The Hall–Kier alpha value is 0.580. The lowest BCUT2D eigenvalue weighted by molar-refractivity contribution is 0.0635. The second-order valence-electron chi connectivity index (χ2n) is 4.41. The molecule has 0 heterocycles. The first kappa shape index (κ1) is 17.6. The number of hydrogen-bond donors (Lipinski definition) is 0. The molecule has 0 unspecified atom stereocenters. The summed E-state index contributed by atoms with van der Waals surface area (Å²) in [5, 5.41) is 1.80. The maximum atomic E-state index is 5.61. The van der Waals surface area contributed by atoms with Crippen LogP contribution in [0.15, 0.2) is 28.7 Å². The van der Waals surface area contributed by atoms with Gasteiger partial charge >= 0.3 is 0 Å². The molecule has 1 aromatic carbocycles. The van der Waals surface area contributed by atoms with Crippen molar-refractivity contribution in [3.05, 3.63) is 34.3 Å². The van der Waals surface area contributed by atoms with Crippen LogP contribution >= 0.6 is 47.8 Å². The molecule has 0 aliphatic heterocycles. The Morgan fingerprint density at radius 1 is 1.11 bits per heavy atom. The van der Waals surface area contributed by atoms with E-state index in [1.807, 2.05) is 6.07 Å². The van der Waals surface area contributed by atoms with Crippen molar-refractivity contribution in [3.8, 4) is 0 Å². The van der Waals surface area contributed by atoms with Gasteiger partial charge in [-0.3, -0.25) is 0 Å². The summed E-state index contributed by atoms with van der Waals surface area (Å²) in [4.78, 5) is 0. The van der Waals surface area contributed by atoms with E-state index >= 15 is 0 Å². The van der Waals surface area contributed by atoms with Crippen LogP contribution in [0.5, 0.6) is 0 Å². The van der Waals surface area contributed by atoms with Crippen LogP contribution in [0.1, 0.15) is 12.0 Å². The first-order valence-corrected chi connectivity index (χ1v) is 9.17. The van der Waals surface area contributed by atoms with Gasteiger partial charge in [-0.25, -0.2) is 0 Å². The largest absolute Gasteiger partial charge is 0.382 e. The van der Waals surface area contributed by atoms with Gasteiger partial charge in [0, 0.05) is 34.3 Å². The van der Waals surface area contributed by atoms with E-state index in [-0.39, 0.29) is 5.41 Å². The quantitative estimate of drug-likeness (QED) is 0.400. The van der Waals surface area contributed by atoms with E-state index in [4.69, 9.17) is 9.47 Å². The molecule has 2 nitrogen and oxygen atoms in total. The summed E-state index contributed by atoms with van der Waals surface area (Å²) < 4.78 is 11.7. The van der Waals surface area contributed by atoms with Crippen LogP contribution in [-0.4, -0.2) is 37.6 Å². The normalized spacial score (nSPS) is 11.8. The van der Waals surface area contributed by atoms with Crippen molar-refractivity contribution in [2.45, 2.75) is 11.8 Å². The standard InChI is InChI=1S/C14H19Br3O2/c1-18-7-8-19-6-5-14(10-15,11-16)12-3-2-4-13(17)9-12/h2-4,9H,5-8,10-11H2,1H3. The fourth-order valence-corrected chi connectivity index (χ4v) is 4.33. The fraction of sp³-hybridized carbons (Fsp3) is 0.571. The highest BCUT2D eigenvalue weighted by atomic mass is 79.9. The monoisotopic (exact) mass is 456 g/mol. The molecular formula is C14H19Br3O2. The molecule has 108 valence electrons. The van der Waals surface area contributed by atoms with Gasteiger partial charge in [0.15, 0.2) is 0 Å². The third-order valence-electron chi connectivity index (χ3n) is 3.11. The topological polar surface area (TPSA) is 18.5 Å². The van der Waals surface area contributed by atoms with E-state index in [0.29, 0.717) is 13.2 Å². The van der Waals surface area contributed by atoms with Crippen molar-refractivity contribution in [2.24, 2.45) is 0 Å². The van der Waals surface area contributed by atoms with Crippen molar-refractivity contribution in [3.63, 3.8) is 0 Å². The van der Waals surface area contributed by atoms with E-state index in [0.717, 1.165) is 28.2 Å². The van der Waals surface area contributed by atoms with E-state index in [1.165, 1.54) is 5.56 Å². The van der Waals surface area contributed by atoms with E-state index in [1.54, 1.807) is 7.11 Å². The highest BCUT2D eigenvalue weighted by molar-refractivity contribution is 9.10. The molecule has 0 saturated carbocycles. The molecule has 0 atom stereocenters. The summed E-state index contributed by atoms with van der Waals surface area (Å²) >= 11 is 10.8. The molecule has 5 heteroatoms. The lowest BCUT2D eigenvalue weighted by Crippen LogP contribution is -2.32. The lowest BCUT2D eigenvalue weighted by atomic mass is 9.82. The molecule has 0 spiro atoms. The maximum absolute atomic E-state index is 5.61. The van der Waals surface area contributed by atoms with Gasteiger partial charge in [0.05, 0.1) is 13.2 Å². The molecule has 0 fully saturated rings. The number of rotatable bonds is 9. The average Bonchev–Trinajstić information content (AvgIpc) is 2.43. The van der Waals surface area contributed by atoms with Crippen LogP contribution in [0.2, 0.25) is 0 Å². The number of methoxy groups -OCH3 is 1. The third kappa shape index (κ3) is 5.46. The summed E-state index contributed by atoms with van der Waals surface area (Å²) in [6, 6.07) is 8.47. The number of ether oxygens (including phenoxy) is 2. The third-order valence-corrected chi connectivity index (χ3v) is 5.75. The summed E-state index contributed by atoms with van der Waals surface area (Å²) in [5.74, 6) is 0.